The van der Waals surface area contributed by atoms with Gasteiger partial charge in [-0.2, -0.15) is 0 Å². The van der Waals surface area contributed by atoms with Crippen LogP contribution in [0.25, 0.3) is 5.65 Å². The lowest BCUT2D eigenvalue weighted by Gasteiger charge is -2.19. The number of aromatic nitrogens is 3. The molecule has 2 rings (SSSR count). The largest absolute Gasteiger partial charge is 0.331 e. The van der Waals surface area contributed by atoms with E-state index >= 15 is 0 Å². The molecular formula is C14H16N4O. The van der Waals surface area contributed by atoms with Crippen LogP contribution < -0.4 is 0 Å². The molecule has 2 aromatic rings. The molecule has 19 heavy (non-hydrogen) atoms. The third-order valence-corrected chi connectivity index (χ3v) is 2.81. The molecule has 0 fully saturated rings. The van der Waals surface area contributed by atoms with E-state index in [-0.39, 0.29) is 5.91 Å². The Morgan fingerprint density at radius 1 is 1.37 bits per heavy atom. The highest BCUT2D eigenvalue weighted by molar-refractivity contribution is 5.95. The average molecular weight is 256 g/mol. The van der Waals surface area contributed by atoms with Crippen LogP contribution >= 0.6 is 0 Å². The Morgan fingerprint density at radius 2 is 2.05 bits per heavy atom. The summed E-state index contributed by atoms with van der Waals surface area (Å²) in [5.74, 6) is 0.728. The fourth-order valence-electron chi connectivity index (χ4n) is 1.88. The maximum atomic E-state index is 12.3. The van der Waals surface area contributed by atoms with Crippen molar-refractivity contribution < 1.29 is 4.79 Å². The van der Waals surface area contributed by atoms with E-state index in [9.17, 15) is 4.79 Å². The molecule has 0 unspecified atom stereocenters. The molecule has 98 valence electrons. The van der Waals surface area contributed by atoms with Crippen LogP contribution in [0.2, 0.25) is 0 Å². The Labute approximate surface area is 111 Å². The molecule has 5 nitrogen and oxygen atoms in total. The first-order valence-electron chi connectivity index (χ1n) is 6.00. The van der Waals surface area contributed by atoms with Gasteiger partial charge >= 0.3 is 0 Å². The quantitative estimate of drug-likeness (QED) is 0.767. The van der Waals surface area contributed by atoms with Crippen molar-refractivity contribution in [1.82, 2.24) is 19.5 Å². The normalized spacial score (nSPS) is 10.4. The number of hydrogen-bond donors (Lipinski definition) is 0. The minimum absolute atomic E-state index is 0.0667. The molecule has 1 amide bonds. The summed E-state index contributed by atoms with van der Waals surface area (Å²) in [4.78, 5) is 14.0. The van der Waals surface area contributed by atoms with E-state index < -0.39 is 0 Å². The average Bonchev–Trinajstić information content (AvgIpc) is 2.79. The summed E-state index contributed by atoms with van der Waals surface area (Å²) in [6, 6.07) is 3.51. The highest BCUT2D eigenvalue weighted by Gasteiger charge is 2.14. The van der Waals surface area contributed by atoms with Crippen LogP contribution in [0.5, 0.6) is 0 Å². The smallest absolute Gasteiger partial charge is 0.254 e. The number of amides is 1. The lowest BCUT2D eigenvalue weighted by atomic mass is 10.2. The number of fused-ring (bicyclic) bond motifs is 1. The van der Waals surface area contributed by atoms with Gasteiger partial charge in [0, 0.05) is 24.8 Å². The molecule has 2 heterocycles. The maximum Gasteiger partial charge on any atom is 0.254 e. The number of carbonyl (C=O) groups is 1. The Morgan fingerprint density at radius 3 is 2.68 bits per heavy atom. The van der Waals surface area contributed by atoms with Gasteiger partial charge in [0.05, 0.1) is 0 Å². The zero-order valence-electron chi connectivity index (χ0n) is 10.9. The molecule has 0 saturated heterocycles. The third-order valence-electron chi connectivity index (χ3n) is 2.81. The lowest BCUT2D eigenvalue weighted by molar-refractivity contribution is 0.0791. The third kappa shape index (κ3) is 2.54. The van der Waals surface area contributed by atoms with Crippen LogP contribution in [0, 0.1) is 6.92 Å². The summed E-state index contributed by atoms with van der Waals surface area (Å²) in [7, 11) is 0. The van der Waals surface area contributed by atoms with Crippen molar-refractivity contribution in [3.63, 3.8) is 0 Å². The van der Waals surface area contributed by atoms with E-state index in [1.165, 1.54) is 0 Å². The number of rotatable bonds is 5. The number of carbonyl (C=O) groups excluding carboxylic acids is 1. The fraction of sp³-hybridized carbons (Fsp3) is 0.214. The predicted octanol–water partition coefficient (Wildman–Crippen LogP) is 1.85. The summed E-state index contributed by atoms with van der Waals surface area (Å²) >= 11 is 0. The Hall–Kier alpha value is -2.43. The van der Waals surface area contributed by atoms with Crippen molar-refractivity contribution in [2.24, 2.45) is 0 Å². The molecule has 0 bridgehead atoms. The Kier molecular flexibility index (Phi) is 3.75. The molecule has 0 aliphatic carbocycles. The monoisotopic (exact) mass is 256 g/mol. The van der Waals surface area contributed by atoms with Crippen LogP contribution in [0.3, 0.4) is 0 Å². The van der Waals surface area contributed by atoms with Gasteiger partial charge < -0.3 is 4.90 Å². The molecule has 0 aliphatic heterocycles. The molecule has 0 radical (unpaired) electrons. The molecule has 5 heteroatoms. The van der Waals surface area contributed by atoms with Gasteiger partial charge in [-0.1, -0.05) is 12.2 Å². The Balaban J connectivity index is 2.33. The van der Waals surface area contributed by atoms with E-state index in [2.05, 4.69) is 23.4 Å². The van der Waals surface area contributed by atoms with Gasteiger partial charge in [-0.25, -0.2) is 0 Å². The van der Waals surface area contributed by atoms with Crippen molar-refractivity contribution in [1.29, 1.82) is 0 Å². The number of hydrogen-bond acceptors (Lipinski definition) is 3. The summed E-state index contributed by atoms with van der Waals surface area (Å²) < 4.78 is 1.84. The highest BCUT2D eigenvalue weighted by Crippen LogP contribution is 2.10. The van der Waals surface area contributed by atoms with Gasteiger partial charge in [-0.15, -0.1) is 23.4 Å². The van der Waals surface area contributed by atoms with Gasteiger partial charge in [0.15, 0.2) is 5.65 Å². The van der Waals surface area contributed by atoms with Crippen LogP contribution in [0.15, 0.2) is 43.6 Å². The zero-order chi connectivity index (χ0) is 13.8. The molecule has 2 aromatic heterocycles. The summed E-state index contributed by atoms with van der Waals surface area (Å²) in [6.07, 6.45) is 5.19. The number of aryl methyl sites for hydroxylation is 1. The first kappa shape index (κ1) is 13.0. The number of nitrogens with zero attached hydrogens (tertiary/aromatic N) is 4. The van der Waals surface area contributed by atoms with Crippen molar-refractivity contribution >= 4 is 11.6 Å². The maximum absolute atomic E-state index is 12.3. The second-order valence-electron chi connectivity index (χ2n) is 4.18. The van der Waals surface area contributed by atoms with Gasteiger partial charge in [0.25, 0.3) is 5.91 Å². The van der Waals surface area contributed by atoms with Crippen LogP contribution in [-0.4, -0.2) is 38.5 Å². The van der Waals surface area contributed by atoms with Gasteiger partial charge in [-0.3, -0.25) is 9.20 Å². The Bertz CT molecular complexity index is 619. The second kappa shape index (κ2) is 5.48. The van der Waals surface area contributed by atoms with Gasteiger partial charge in [-0.05, 0) is 19.1 Å². The minimum Gasteiger partial charge on any atom is -0.331 e. The molecule has 0 saturated carbocycles. The molecule has 0 N–H and O–H groups in total. The van der Waals surface area contributed by atoms with Crippen molar-refractivity contribution in [3.05, 3.63) is 55.0 Å². The highest BCUT2D eigenvalue weighted by atomic mass is 16.2. The summed E-state index contributed by atoms with van der Waals surface area (Å²) in [5.41, 5.74) is 1.25. The fourth-order valence-corrected chi connectivity index (χ4v) is 1.88. The van der Waals surface area contributed by atoms with Crippen LogP contribution in [0.4, 0.5) is 0 Å². The summed E-state index contributed by atoms with van der Waals surface area (Å²) in [6.45, 7) is 10.2. The van der Waals surface area contributed by atoms with Gasteiger partial charge in [0.1, 0.15) is 5.82 Å². The predicted molar refractivity (Wildman–Crippen MR) is 74.0 cm³/mol. The first-order valence-corrected chi connectivity index (χ1v) is 6.00. The second-order valence-corrected chi connectivity index (χ2v) is 4.18. The summed E-state index contributed by atoms with van der Waals surface area (Å²) in [5, 5.41) is 7.98. The topological polar surface area (TPSA) is 50.5 Å². The molecule has 0 aliphatic rings. The van der Waals surface area contributed by atoms with E-state index in [0.29, 0.717) is 24.3 Å². The van der Waals surface area contributed by atoms with Crippen LogP contribution in [-0.2, 0) is 0 Å². The molecule has 0 aromatic carbocycles. The standard InChI is InChI=1S/C14H16N4O/c1-4-7-17(8-5-2)14(19)12-6-9-18-11(3)15-16-13(18)10-12/h4-6,9-10H,1-2,7-8H2,3H3. The zero-order valence-corrected chi connectivity index (χ0v) is 10.9. The lowest BCUT2D eigenvalue weighted by Crippen LogP contribution is -2.31. The van der Waals surface area contributed by atoms with E-state index in [1.807, 2.05) is 11.3 Å². The van der Waals surface area contributed by atoms with Crippen molar-refractivity contribution in [2.45, 2.75) is 6.92 Å². The van der Waals surface area contributed by atoms with Crippen molar-refractivity contribution in [2.75, 3.05) is 13.1 Å². The molecule has 0 atom stereocenters. The first-order chi connectivity index (χ1) is 9.17. The van der Waals surface area contributed by atoms with E-state index in [1.54, 1.807) is 35.4 Å². The van der Waals surface area contributed by atoms with Crippen LogP contribution in [0.1, 0.15) is 16.2 Å². The number of pyridine rings is 1. The molecule has 0 spiro atoms. The van der Waals surface area contributed by atoms with E-state index in [4.69, 9.17) is 0 Å². The SMILES string of the molecule is C=CCN(CC=C)C(=O)c1ccn2c(C)nnc2c1. The minimum atomic E-state index is -0.0667. The van der Waals surface area contributed by atoms with E-state index in [0.717, 1.165) is 5.82 Å². The van der Waals surface area contributed by atoms with Gasteiger partial charge in [0.2, 0.25) is 0 Å². The van der Waals surface area contributed by atoms with Crippen molar-refractivity contribution in [3.8, 4) is 0 Å². The molecular weight excluding hydrogens is 240 g/mol.